The van der Waals surface area contributed by atoms with Crippen LogP contribution in [0.1, 0.15) is 5.56 Å². The number of carbonyl (C=O) groups excluding carboxylic acids is 1. The molecular formula is C14H16N4OS. The number of hydrogen-bond acceptors (Lipinski definition) is 4. The molecule has 6 heteroatoms. The molecule has 0 bridgehead atoms. The molecule has 1 fully saturated rings. The SMILES string of the molecule is O=C(Nc1ccccc1Cn1cccn1)C1CSCN1. The highest BCUT2D eigenvalue weighted by atomic mass is 32.2. The predicted octanol–water partition coefficient (Wildman–Crippen LogP) is 1.53. The number of hydrogen-bond donors (Lipinski definition) is 2. The number of nitrogens with zero attached hydrogens (tertiary/aromatic N) is 2. The van der Waals surface area contributed by atoms with E-state index >= 15 is 0 Å². The van der Waals surface area contributed by atoms with E-state index in [-0.39, 0.29) is 11.9 Å². The molecule has 0 radical (unpaired) electrons. The number of nitrogens with one attached hydrogen (secondary N) is 2. The molecule has 2 aromatic rings. The molecule has 1 aromatic carbocycles. The molecule has 1 aliphatic heterocycles. The summed E-state index contributed by atoms with van der Waals surface area (Å²) in [6, 6.07) is 9.63. The summed E-state index contributed by atoms with van der Waals surface area (Å²) in [5.41, 5.74) is 1.90. The molecule has 0 saturated carbocycles. The van der Waals surface area contributed by atoms with Crippen molar-refractivity contribution in [1.29, 1.82) is 0 Å². The van der Waals surface area contributed by atoms with Crippen molar-refractivity contribution in [3.63, 3.8) is 0 Å². The standard InChI is InChI=1S/C14H16N4OS/c19-14(13-9-20-10-15-13)17-12-5-2-1-4-11(12)8-18-7-3-6-16-18/h1-7,13,15H,8-10H2,(H,17,19). The Hall–Kier alpha value is -1.79. The number of thioether (sulfide) groups is 1. The quantitative estimate of drug-likeness (QED) is 0.896. The van der Waals surface area contributed by atoms with Crippen molar-refractivity contribution < 1.29 is 4.79 Å². The van der Waals surface area contributed by atoms with Gasteiger partial charge in [0.05, 0.1) is 12.6 Å². The number of aromatic nitrogens is 2. The largest absolute Gasteiger partial charge is 0.324 e. The van der Waals surface area contributed by atoms with Gasteiger partial charge in [-0.2, -0.15) is 5.10 Å². The maximum absolute atomic E-state index is 12.2. The molecular weight excluding hydrogens is 272 g/mol. The van der Waals surface area contributed by atoms with Crippen molar-refractivity contribution in [1.82, 2.24) is 15.1 Å². The summed E-state index contributed by atoms with van der Waals surface area (Å²) in [5.74, 6) is 1.70. The Labute approximate surface area is 121 Å². The number of amides is 1. The molecule has 2 N–H and O–H groups in total. The first-order chi connectivity index (χ1) is 9.83. The van der Waals surface area contributed by atoms with Crippen LogP contribution in [0.25, 0.3) is 0 Å². The second-order valence-corrected chi connectivity index (χ2v) is 5.65. The predicted molar refractivity (Wildman–Crippen MR) is 80.6 cm³/mol. The Morgan fingerprint density at radius 3 is 3.10 bits per heavy atom. The molecule has 2 heterocycles. The number of rotatable bonds is 4. The maximum atomic E-state index is 12.2. The summed E-state index contributed by atoms with van der Waals surface area (Å²) < 4.78 is 1.84. The Morgan fingerprint density at radius 1 is 1.45 bits per heavy atom. The van der Waals surface area contributed by atoms with Crippen LogP contribution >= 0.6 is 11.8 Å². The summed E-state index contributed by atoms with van der Waals surface area (Å²) in [6.45, 7) is 0.649. The van der Waals surface area contributed by atoms with Crippen LogP contribution in [0, 0.1) is 0 Å². The molecule has 104 valence electrons. The fourth-order valence-electron chi connectivity index (χ4n) is 2.13. The van der Waals surface area contributed by atoms with Crippen molar-refractivity contribution in [3.05, 3.63) is 48.3 Å². The fourth-order valence-corrected chi connectivity index (χ4v) is 3.07. The lowest BCUT2D eigenvalue weighted by molar-refractivity contribution is -0.117. The van der Waals surface area contributed by atoms with E-state index in [1.807, 2.05) is 41.2 Å². The van der Waals surface area contributed by atoms with Gasteiger partial charge in [0, 0.05) is 29.7 Å². The van der Waals surface area contributed by atoms with Gasteiger partial charge in [-0.1, -0.05) is 18.2 Å². The van der Waals surface area contributed by atoms with E-state index in [2.05, 4.69) is 15.7 Å². The lowest BCUT2D eigenvalue weighted by Crippen LogP contribution is -2.37. The van der Waals surface area contributed by atoms with Crippen molar-refractivity contribution >= 4 is 23.4 Å². The Morgan fingerprint density at radius 2 is 2.35 bits per heavy atom. The third-order valence-electron chi connectivity index (χ3n) is 3.20. The fraction of sp³-hybridized carbons (Fsp3) is 0.286. The van der Waals surface area contributed by atoms with Gasteiger partial charge in [0.25, 0.3) is 0 Å². The van der Waals surface area contributed by atoms with Gasteiger partial charge in [0.1, 0.15) is 0 Å². The molecule has 0 spiro atoms. The van der Waals surface area contributed by atoms with Crippen LogP contribution in [0.5, 0.6) is 0 Å². The third-order valence-corrected chi connectivity index (χ3v) is 4.14. The van der Waals surface area contributed by atoms with E-state index in [4.69, 9.17) is 0 Å². The normalized spacial score (nSPS) is 18.1. The zero-order valence-corrected chi connectivity index (χ0v) is 11.8. The molecule has 3 rings (SSSR count). The first-order valence-corrected chi connectivity index (χ1v) is 7.66. The Kier molecular flexibility index (Phi) is 4.03. The van der Waals surface area contributed by atoms with Gasteiger partial charge in [0.15, 0.2) is 0 Å². The molecule has 0 aliphatic carbocycles. The van der Waals surface area contributed by atoms with Crippen LogP contribution in [-0.2, 0) is 11.3 Å². The number of carbonyl (C=O) groups is 1. The second kappa shape index (κ2) is 6.11. The minimum atomic E-state index is -0.0993. The van der Waals surface area contributed by atoms with Crippen LogP contribution in [0.15, 0.2) is 42.7 Å². The van der Waals surface area contributed by atoms with E-state index in [1.165, 1.54) is 0 Å². The highest BCUT2D eigenvalue weighted by Crippen LogP contribution is 2.18. The molecule has 1 amide bonds. The smallest absolute Gasteiger partial charge is 0.242 e. The van der Waals surface area contributed by atoms with Crippen molar-refractivity contribution in [2.24, 2.45) is 0 Å². The van der Waals surface area contributed by atoms with E-state index in [0.29, 0.717) is 6.54 Å². The maximum Gasteiger partial charge on any atom is 0.242 e. The molecule has 1 atom stereocenters. The number of benzene rings is 1. The monoisotopic (exact) mass is 288 g/mol. The highest BCUT2D eigenvalue weighted by molar-refractivity contribution is 7.99. The van der Waals surface area contributed by atoms with Gasteiger partial charge >= 0.3 is 0 Å². The minimum absolute atomic E-state index is 0.0305. The van der Waals surface area contributed by atoms with E-state index in [0.717, 1.165) is 22.9 Å². The molecule has 1 saturated heterocycles. The lowest BCUT2D eigenvalue weighted by Gasteiger charge is -2.14. The van der Waals surface area contributed by atoms with Crippen molar-refractivity contribution in [2.45, 2.75) is 12.6 Å². The van der Waals surface area contributed by atoms with Gasteiger partial charge < -0.3 is 5.32 Å². The van der Waals surface area contributed by atoms with E-state index in [9.17, 15) is 4.79 Å². The summed E-state index contributed by atoms with van der Waals surface area (Å²) in [4.78, 5) is 12.2. The van der Waals surface area contributed by atoms with Gasteiger partial charge in [-0.15, -0.1) is 11.8 Å². The summed E-state index contributed by atoms with van der Waals surface area (Å²) in [7, 11) is 0. The average Bonchev–Trinajstić information content (AvgIpc) is 3.13. The highest BCUT2D eigenvalue weighted by Gasteiger charge is 2.22. The van der Waals surface area contributed by atoms with Crippen LogP contribution in [0.2, 0.25) is 0 Å². The molecule has 5 nitrogen and oxygen atoms in total. The topological polar surface area (TPSA) is 59.0 Å². The Bertz CT molecular complexity index is 579. The van der Waals surface area contributed by atoms with Gasteiger partial charge in [-0.3, -0.25) is 14.8 Å². The molecule has 1 aromatic heterocycles. The molecule has 1 unspecified atom stereocenters. The van der Waals surface area contributed by atoms with Crippen molar-refractivity contribution in [2.75, 3.05) is 16.9 Å². The van der Waals surface area contributed by atoms with Gasteiger partial charge in [-0.25, -0.2) is 0 Å². The third kappa shape index (κ3) is 3.02. The first kappa shape index (κ1) is 13.2. The number of anilines is 1. The van der Waals surface area contributed by atoms with Crippen LogP contribution in [0.4, 0.5) is 5.69 Å². The molecule has 20 heavy (non-hydrogen) atoms. The second-order valence-electron chi connectivity index (χ2n) is 4.62. The van der Waals surface area contributed by atoms with E-state index < -0.39 is 0 Å². The summed E-state index contributed by atoms with van der Waals surface area (Å²) >= 11 is 1.74. The minimum Gasteiger partial charge on any atom is -0.324 e. The Balaban J connectivity index is 1.73. The van der Waals surface area contributed by atoms with E-state index in [1.54, 1.807) is 18.0 Å². The van der Waals surface area contributed by atoms with Crippen LogP contribution in [-0.4, -0.2) is 33.4 Å². The summed E-state index contributed by atoms with van der Waals surface area (Å²) in [5, 5.41) is 10.4. The van der Waals surface area contributed by atoms with Crippen LogP contribution in [0.3, 0.4) is 0 Å². The number of para-hydroxylation sites is 1. The summed E-state index contributed by atoms with van der Waals surface area (Å²) in [6.07, 6.45) is 3.66. The molecule has 1 aliphatic rings. The van der Waals surface area contributed by atoms with Crippen molar-refractivity contribution in [3.8, 4) is 0 Å². The first-order valence-electron chi connectivity index (χ1n) is 6.50. The lowest BCUT2D eigenvalue weighted by atomic mass is 10.1. The van der Waals surface area contributed by atoms with Crippen LogP contribution < -0.4 is 10.6 Å². The van der Waals surface area contributed by atoms with Gasteiger partial charge in [-0.05, 0) is 17.7 Å². The zero-order valence-electron chi connectivity index (χ0n) is 11.0. The van der Waals surface area contributed by atoms with Gasteiger partial charge in [0.2, 0.25) is 5.91 Å². The average molecular weight is 288 g/mol. The zero-order chi connectivity index (χ0) is 13.8.